The average Bonchev–Trinajstić information content (AvgIpc) is 3.08. The number of pyridine rings is 1. The molecule has 0 bridgehead atoms. The SMILES string of the molecule is CC(C)c1nc(CNC2CC2)ccc1C(F)(F)F. The van der Waals surface area contributed by atoms with Crippen LogP contribution in [0.4, 0.5) is 13.2 Å². The lowest BCUT2D eigenvalue weighted by atomic mass is 10.0. The van der Waals surface area contributed by atoms with Gasteiger partial charge < -0.3 is 5.32 Å². The number of nitrogens with one attached hydrogen (secondary N) is 1. The van der Waals surface area contributed by atoms with Gasteiger partial charge in [0.15, 0.2) is 0 Å². The molecular formula is C13H17F3N2. The lowest BCUT2D eigenvalue weighted by Gasteiger charge is -2.16. The van der Waals surface area contributed by atoms with Crippen LogP contribution in [0.1, 0.15) is 49.6 Å². The molecule has 5 heteroatoms. The number of nitrogens with zero attached hydrogens (tertiary/aromatic N) is 1. The Morgan fingerprint density at radius 3 is 2.50 bits per heavy atom. The summed E-state index contributed by atoms with van der Waals surface area (Å²) in [6.45, 7) is 4.01. The van der Waals surface area contributed by atoms with Gasteiger partial charge in [0.25, 0.3) is 0 Å². The Balaban J connectivity index is 2.21. The zero-order valence-electron chi connectivity index (χ0n) is 10.5. The Morgan fingerprint density at radius 2 is 2.00 bits per heavy atom. The second-order valence-electron chi connectivity index (χ2n) is 5.04. The quantitative estimate of drug-likeness (QED) is 0.894. The van der Waals surface area contributed by atoms with Crippen LogP contribution in [-0.4, -0.2) is 11.0 Å². The van der Waals surface area contributed by atoms with Crippen molar-refractivity contribution in [1.82, 2.24) is 10.3 Å². The van der Waals surface area contributed by atoms with E-state index in [1.165, 1.54) is 6.07 Å². The standard InChI is InChI=1S/C13H17F3N2/c1-8(2)12-11(13(14,15)16)6-5-10(18-12)7-17-9-3-4-9/h5-6,8-9,17H,3-4,7H2,1-2H3. The Morgan fingerprint density at radius 1 is 1.33 bits per heavy atom. The van der Waals surface area contributed by atoms with Crippen molar-refractivity contribution in [3.8, 4) is 0 Å². The second kappa shape index (κ2) is 4.88. The first-order valence-electron chi connectivity index (χ1n) is 6.18. The fraction of sp³-hybridized carbons (Fsp3) is 0.615. The van der Waals surface area contributed by atoms with Gasteiger partial charge in [-0.1, -0.05) is 13.8 Å². The van der Waals surface area contributed by atoms with Crippen molar-refractivity contribution in [2.24, 2.45) is 0 Å². The number of rotatable bonds is 4. The predicted octanol–water partition coefficient (Wildman–Crippen LogP) is 3.48. The molecule has 2 rings (SSSR count). The van der Waals surface area contributed by atoms with Crippen molar-refractivity contribution < 1.29 is 13.2 Å². The molecule has 1 aromatic heterocycles. The van der Waals surface area contributed by atoms with Crippen molar-refractivity contribution >= 4 is 0 Å². The monoisotopic (exact) mass is 258 g/mol. The number of aromatic nitrogens is 1. The van der Waals surface area contributed by atoms with E-state index in [0.717, 1.165) is 18.9 Å². The molecule has 0 amide bonds. The summed E-state index contributed by atoms with van der Waals surface area (Å²) in [5, 5.41) is 3.25. The maximum Gasteiger partial charge on any atom is 0.418 e. The molecular weight excluding hydrogens is 241 g/mol. The molecule has 1 fully saturated rings. The number of hydrogen-bond donors (Lipinski definition) is 1. The second-order valence-corrected chi connectivity index (χ2v) is 5.04. The van der Waals surface area contributed by atoms with Crippen LogP contribution < -0.4 is 5.32 Å². The molecule has 0 spiro atoms. The molecule has 1 heterocycles. The summed E-state index contributed by atoms with van der Waals surface area (Å²) in [5.41, 5.74) is 0.198. The van der Waals surface area contributed by atoms with Gasteiger partial charge in [0, 0.05) is 12.6 Å². The van der Waals surface area contributed by atoms with Gasteiger partial charge in [0.1, 0.15) is 0 Å². The van der Waals surface area contributed by atoms with Crippen LogP contribution in [-0.2, 0) is 12.7 Å². The molecule has 0 aromatic carbocycles. The van der Waals surface area contributed by atoms with Gasteiger partial charge in [-0.15, -0.1) is 0 Å². The van der Waals surface area contributed by atoms with Crippen LogP contribution in [0.2, 0.25) is 0 Å². The number of hydrogen-bond acceptors (Lipinski definition) is 2. The summed E-state index contributed by atoms with van der Waals surface area (Å²) >= 11 is 0. The summed E-state index contributed by atoms with van der Waals surface area (Å²) < 4.78 is 38.4. The molecule has 1 saturated carbocycles. The van der Waals surface area contributed by atoms with Gasteiger partial charge in [-0.05, 0) is 30.9 Å². The highest BCUT2D eigenvalue weighted by Gasteiger charge is 2.34. The van der Waals surface area contributed by atoms with Crippen molar-refractivity contribution in [2.45, 2.75) is 51.4 Å². The van der Waals surface area contributed by atoms with E-state index in [1.807, 2.05) is 0 Å². The molecule has 0 radical (unpaired) electrons. The van der Waals surface area contributed by atoms with Gasteiger partial charge >= 0.3 is 6.18 Å². The fourth-order valence-electron chi connectivity index (χ4n) is 1.83. The van der Waals surface area contributed by atoms with Gasteiger partial charge in [-0.3, -0.25) is 4.98 Å². The largest absolute Gasteiger partial charge is 0.418 e. The third-order valence-corrected chi connectivity index (χ3v) is 2.98. The molecule has 1 aliphatic rings. The first-order chi connectivity index (χ1) is 8.38. The summed E-state index contributed by atoms with van der Waals surface area (Å²) in [5.74, 6) is -0.234. The van der Waals surface area contributed by atoms with Crippen molar-refractivity contribution in [1.29, 1.82) is 0 Å². The van der Waals surface area contributed by atoms with E-state index in [-0.39, 0.29) is 11.6 Å². The highest BCUT2D eigenvalue weighted by atomic mass is 19.4. The van der Waals surface area contributed by atoms with E-state index in [0.29, 0.717) is 18.3 Å². The third kappa shape index (κ3) is 3.22. The van der Waals surface area contributed by atoms with Crippen LogP contribution in [0.25, 0.3) is 0 Å². The van der Waals surface area contributed by atoms with E-state index in [1.54, 1.807) is 13.8 Å². The van der Waals surface area contributed by atoms with Gasteiger partial charge in [-0.25, -0.2) is 0 Å². The zero-order chi connectivity index (χ0) is 13.3. The molecule has 1 aliphatic carbocycles. The summed E-state index contributed by atoms with van der Waals surface area (Å²) in [4.78, 5) is 4.16. The Bertz CT molecular complexity index is 423. The van der Waals surface area contributed by atoms with Gasteiger partial charge in [-0.2, -0.15) is 13.2 Å². The van der Waals surface area contributed by atoms with E-state index in [2.05, 4.69) is 10.3 Å². The average molecular weight is 258 g/mol. The van der Waals surface area contributed by atoms with E-state index < -0.39 is 11.7 Å². The Kier molecular flexibility index (Phi) is 3.61. The van der Waals surface area contributed by atoms with Crippen molar-refractivity contribution in [3.05, 3.63) is 29.1 Å². The molecule has 0 unspecified atom stereocenters. The predicted molar refractivity (Wildman–Crippen MR) is 63.2 cm³/mol. The Labute approximate surface area is 105 Å². The summed E-state index contributed by atoms with van der Waals surface area (Å²) in [7, 11) is 0. The molecule has 2 nitrogen and oxygen atoms in total. The minimum Gasteiger partial charge on any atom is -0.308 e. The minimum absolute atomic E-state index is 0.137. The van der Waals surface area contributed by atoms with E-state index in [4.69, 9.17) is 0 Å². The van der Waals surface area contributed by atoms with Crippen LogP contribution in [0.15, 0.2) is 12.1 Å². The van der Waals surface area contributed by atoms with Crippen LogP contribution in [0, 0.1) is 0 Å². The van der Waals surface area contributed by atoms with Crippen molar-refractivity contribution in [2.75, 3.05) is 0 Å². The zero-order valence-corrected chi connectivity index (χ0v) is 10.5. The number of alkyl halides is 3. The van der Waals surface area contributed by atoms with Crippen LogP contribution in [0.3, 0.4) is 0 Å². The maximum absolute atomic E-state index is 12.8. The highest BCUT2D eigenvalue weighted by molar-refractivity contribution is 5.28. The fourth-order valence-corrected chi connectivity index (χ4v) is 1.83. The van der Waals surface area contributed by atoms with E-state index in [9.17, 15) is 13.2 Å². The first-order valence-corrected chi connectivity index (χ1v) is 6.18. The van der Waals surface area contributed by atoms with Gasteiger partial charge in [0.2, 0.25) is 0 Å². The molecule has 100 valence electrons. The smallest absolute Gasteiger partial charge is 0.308 e. The number of halogens is 3. The minimum atomic E-state index is -4.32. The molecule has 0 atom stereocenters. The van der Waals surface area contributed by atoms with E-state index >= 15 is 0 Å². The molecule has 0 aliphatic heterocycles. The summed E-state index contributed by atoms with van der Waals surface area (Å²) in [6, 6.07) is 3.13. The molecule has 0 saturated heterocycles. The highest BCUT2D eigenvalue weighted by Crippen LogP contribution is 2.34. The lowest BCUT2D eigenvalue weighted by molar-refractivity contribution is -0.138. The maximum atomic E-state index is 12.8. The molecule has 1 N–H and O–H groups in total. The normalized spacial score (nSPS) is 16.3. The van der Waals surface area contributed by atoms with Crippen LogP contribution >= 0.6 is 0 Å². The molecule has 18 heavy (non-hydrogen) atoms. The van der Waals surface area contributed by atoms with Crippen LogP contribution in [0.5, 0.6) is 0 Å². The summed E-state index contributed by atoms with van der Waals surface area (Å²) in [6.07, 6.45) is -2.02. The topological polar surface area (TPSA) is 24.9 Å². The van der Waals surface area contributed by atoms with Gasteiger partial charge in [0.05, 0.1) is 17.0 Å². The lowest BCUT2D eigenvalue weighted by Crippen LogP contribution is -2.18. The van der Waals surface area contributed by atoms with Crippen molar-refractivity contribution in [3.63, 3.8) is 0 Å². The first kappa shape index (κ1) is 13.3. The Hall–Kier alpha value is -1.10. The molecule has 1 aromatic rings. The third-order valence-electron chi connectivity index (χ3n) is 2.98.